The second-order valence-corrected chi connectivity index (χ2v) is 6.73. The number of nitrogens with one attached hydrogen (secondary N) is 2. The van der Waals surface area contributed by atoms with E-state index < -0.39 is 0 Å². The molecule has 126 valence electrons. The first kappa shape index (κ1) is 19.6. The molecule has 1 aromatic heterocycles. The lowest BCUT2D eigenvalue weighted by molar-refractivity contribution is -0.119. The maximum absolute atomic E-state index is 12.1. The van der Waals surface area contributed by atoms with E-state index in [0.29, 0.717) is 17.6 Å². The Morgan fingerprint density at radius 1 is 1.22 bits per heavy atom. The van der Waals surface area contributed by atoms with Crippen LogP contribution in [-0.2, 0) is 4.79 Å². The van der Waals surface area contributed by atoms with Crippen molar-refractivity contribution in [1.29, 1.82) is 0 Å². The minimum absolute atomic E-state index is 0. The summed E-state index contributed by atoms with van der Waals surface area (Å²) in [6.45, 7) is 6.85. The molecule has 0 aliphatic rings. The maximum atomic E-state index is 12.1. The van der Waals surface area contributed by atoms with Crippen LogP contribution in [0.4, 0.5) is 5.13 Å². The van der Waals surface area contributed by atoms with Gasteiger partial charge in [0.25, 0.3) is 0 Å². The number of halogens is 1. The van der Waals surface area contributed by atoms with Crippen molar-refractivity contribution in [3.8, 4) is 11.3 Å². The number of amides is 1. The van der Waals surface area contributed by atoms with Crippen LogP contribution in [0.3, 0.4) is 0 Å². The summed E-state index contributed by atoms with van der Waals surface area (Å²) in [5, 5.41) is 6.63. The lowest BCUT2D eigenvalue weighted by Gasteiger charge is -2.09. The highest BCUT2D eigenvalue weighted by Gasteiger charge is 2.19. The molecule has 23 heavy (non-hydrogen) atoms. The Hall–Kier alpha value is -1.43. The number of rotatable bonds is 6. The van der Waals surface area contributed by atoms with Crippen LogP contribution in [0.2, 0.25) is 0 Å². The van der Waals surface area contributed by atoms with Gasteiger partial charge < -0.3 is 10.6 Å². The summed E-state index contributed by atoms with van der Waals surface area (Å²) in [7, 11) is 1.84. The van der Waals surface area contributed by atoms with Gasteiger partial charge in [-0.2, -0.15) is 0 Å². The van der Waals surface area contributed by atoms with Gasteiger partial charge in [0, 0.05) is 22.9 Å². The number of carbonyl (C=O) groups is 1. The fourth-order valence-corrected chi connectivity index (χ4v) is 3.20. The van der Waals surface area contributed by atoms with Crippen LogP contribution in [0.25, 0.3) is 11.3 Å². The van der Waals surface area contributed by atoms with E-state index in [1.165, 1.54) is 4.88 Å². The van der Waals surface area contributed by atoms with Crippen molar-refractivity contribution in [1.82, 2.24) is 10.3 Å². The van der Waals surface area contributed by atoms with E-state index in [2.05, 4.69) is 41.6 Å². The maximum Gasteiger partial charge on any atom is 0.230 e. The number of thiazole rings is 1. The third-order valence-electron chi connectivity index (χ3n) is 3.41. The Labute approximate surface area is 148 Å². The molecular weight excluding hydrogens is 330 g/mol. The number of aromatic nitrogens is 1. The van der Waals surface area contributed by atoms with Gasteiger partial charge in [0.1, 0.15) is 0 Å². The van der Waals surface area contributed by atoms with E-state index in [9.17, 15) is 4.79 Å². The van der Waals surface area contributed by atoms with Crippen molar-refractivity contribution in [2.75, 3.05) is 18.9 Å². The SMILES string of the molecule is CNCC(C)C(=O)Nc1nc(-c2ccccc2)c(C(C)C)s1.Cl. The topological polar surface area (TPSA) is 54.0 Å². The van der Waals surface area contributed by atoms with E-state index in [4.69, 9.17) is 0 Å². The predicted octanol–water partition coefficient (Wildman–Crippen LogP) is 4.15. The van der Waals surface area contributed by atoms with Gasteiger partial charge in [-0.1, -0.05) is 51.1 Å². The minimum atomic E-state index is -0.0865. The highest BCUT2D eigenvalue weighted by atomic mass is 35.5. The van der Waals surface area contributed by atoms with Crippen LogP contribution in [0, 0.1) is 5.92 Å². The largest absolute Gasteiger partial charge is 0.319 e. The van der Waals surface area contributed by atoms with E-state index in [0.717, 1.165) is 11.3 Å². The second kappa shape index (κ2) is 9.01. The standard InChI is InChI=1S/C17H23N3OS.ClH/c1-11(2)15-14(13-8-6-5-7-9-13)19-17(22-15)20-16(21)12(3)10-18-4;/h5-9,11-12,18H,10H2,1-4H3,(H,19,20,21);1H. The lowest BCUT2D eigenvalue weighted by atomic mass is 10.1. The van der Waals surface area contributed by atoms with Gasteiger partial charge in [-0.15, -0.1) is 23.7 Å². The molecule has 0 fully saturated rings. The van der Waals surface area contributed by atoms with Gasteiger partial charge in [-0.05, 0) is 13.0 Å². The molecule has 0 bridgehead atoms. The monoisotopic (exact) mass is 353 g/mol. The summed E-state index contributed by atoms with van der Waals surface area (Å²) < 4.78 is 0. The Balaban J connectivity index is 0.00000264. The van der Waals surface area contributed by atoms with Crippen molar-refractivity contribution < 1.29 is 4.79 Å². The molecule has 6 heteroatoms. The van der Waals surface area contributed by atoms with Gasteiger partial charge >= 0.3 is 0 Å². The molecule has 4 nitrogen and oxygen atoms in total. The third-order valence-corrected chi connectivity index (χ3v) is 4.68. The number of carbonyl (C=O) groups excluding carboxylic acids is 1. The van der Waals surface area contributed by atoms with Gasteiger partial charge in [-0.3, -0.25) is 4.79 Å². The highest BCUT2D eigenvalue weighted by molar-refractivity contribution is 7.16. The van der Waals surface area contributed by atoms with Crippen LogP contribution in [0.15, 0.2) is 30.3 Å². The number of hydrogen-bond donors (Lipinski definition) is 2. The first-order chi connectivity index (χ1) is 10.5. The molecule has 0 aliphatic heterocycles. The molecule has 1 atom stereocenters. The number of benzene rings is 1. The molecule has 0 aliphatic carbocycles. The van der Waals surface area contributed by atoms with E-state index >= 15 is 0 Å². The van der Waals surface area contributed by atoms with Gasteiger partial charge in [-0.25, -0.2) is 4.98 Å². The summed E-state index contributed by atoms with van der Waals surface area (Å²) in [5.41, 5.74) is 2.06. The lowest BCUT2D eigenvalue weighted by Crippen LogP contribution is -2.28. The molecule has 1 aromatic carbocycles. The molecule has 2 N–H and O–H groups in total. The first-order valence-corrected chi connectivity index (χ1v) is 8.36. The Morgan fingerprint density at radius 2 is 1.87 bits per heavy atom. The van der Waals surface area contributed by atoms with Gasteiger partial charge in [0.05, 0.1) is 5.69 Å². The molecule has 1 heterocycles. The molecule has 2 aromatic rings. The highest BCUT2D eigenvalue weighted by Crippen LogP contribution is 2.36. The van der Waals surface area contributed by atoms with Crippen LogP contribution < -0.4 is 10.6 Å². The predicted molar refractivity (Wildman–Crippen MR) is 101 cm³/mol. The summed E-state index contributed by atoms with van der Waals surface area (Å²) in [6.07, 6.45) is 0. The molecule has 0 radical (unpaired) electrons. The van der Waals surface area contributed by atoms with E-state index in [1.807, 2.05) is 32.2 Å². The zero-order valence-electron chi connectivity index (χ0n) is 13.9. The summed E-state index contributed by atoms with van der Waals surface area (Å²) in [6, 6.07) is 10.1. The average Bonchev–Trinajstić information content (AvgIpc) is 2.92. The number of anilines is 1. The molecule has 1 unspecified atom stereocenters. The van der Waals surface area contributed by atoms with Crippen molar-refractivity contribution in [3.05, 3.63) is 35.2 Å². The van der Waals surface area contributed by atoms with Crippen molar-refractivity contribution in [3.63, 3.8) is 0 Å². The normalized spacial score (nSPS) is 11.9. The second-order valence-electron chi connectivity index (χ2n) is 5.70. The fraction of sp³-hybridized carbons (Fsp3) is 0.412. The van der Waals surface area contributed by atoms with Crippen molar-refractivity contribution in [2.45, 2.75) is 26.7 Å². The fourth-order valence-electron chi connectivity index (χ4n) is 2.21. The first-order valence-electron chi connectivity index (χ1n) is 7.54. The van der Waals surface area contributed by atoms with Crippen molar-refractivity contribution >= 4 is 34.8 Å². The van der Waals surface area contributed by atoms with Crippen molar-refractivity contribution in [2.24, 2.45) is 5.92 Å². The van der Waals surface area contributed by atoms with Crippen LogP contribution in [0.5, 0.6) is 0 Å². The Morgan fingerprint density at radius 3 is 2.43 bits per heavy atom. The molecular formula is C17H24ClN3OS. The molecule has 0 saturated heterocycles. The zero-order valence-corrected chi connectivity index (χ0v) is 15.6. The van der Waals surface area contributed by atoms with Crippen LogP contribution in [0.1, 0.15) is 31.6 Å². The number of nitrogens with zero attached hydrogens (tertiary/aromatic N) is 1. The van der Waals surface area contributed by atoms with Crippen LogP contribution >= 0.6 is 23.7 Å². The molecule has 2 rings (SSSR count). The minimum Gasteiger partial charge on any atom is -0.319 e. The summed E-state index contributed by atoms with van der Waals surface area (Å²) in [4.78, 5) is 18.0. The Kier molecular flexibility index (Phi) is 7.68. The van der Waals surface area contributed by atoms with E-state index in [-0.39, 0.29) is 24.2 Å². The molecule has 0 saturated carbocycles. The van der Waals surface area contributed by atoms with Gasteiger partial charge in [0.2, 0.25) is 5.91 Å². The quantitative estimate of drug-likeness (QED) is 0.820. The summed E-state index contributed by atoms with van der Waals surface area (Å²) >= 11 is 1.56. The smallest absolute Gasteiger partial charge is 0.230 e. The summed E-state index contributed by atoms with van der Waals surface area (Å²) in [5.74, 6) is 0.280. The average molecular weight is 354 g/mol. The molecule has 0 spiro atoms. The number of hydrogen-bond acceptors (Lipinski definition) is 4. The van der Waals surface area contributed by atoms with Crippen LogP contribution in [-0.4, -0.2) is 24.5 Å². The third kappa shape index (κ3) is 5.03. The Bertz CT molecular complexity index is 628. The zero-order chi connectivity index (χ0) is 16.1. The molecule has 1 amide bonds. The van der Waals surface area contributed by atoms with Gasteiger partial charge in [0.15, 0.2) is 5.13 Å². The van der Waals surface area contributed by atoms with E-state index in [1.54, 1.807) is 11.3 Å².